The molecule has 0 saturated carbocycles. The standard InChI is InChI=1S/C15H23FN2/c1-3-7-18(15-10-17-11-15)12(2)8-13-5-4-6-14(16)9-13/h4-6,9,12,15,17H,3,7-8,10-11H2,1-2H3. The van der Waals surface area contributed by atoms with E-state index in [4.69, 9.17) is 0 Å². The van der Waals surface area contributed by atoms with Gasteiger partial charge in [0.2, 0.25) is 0 Å². The Labute approximate surface area is 109 Å². The molecule has 1 aromatic rings. The van der Waals surface area contributed by atoms with Crippen LogP contribution in [-0.2, 0) is 6.42 Å². The summed E-state index contributed by atoms with van der Waals surface area (Å²) < 4.78 is 13.2. The summed E-state index contributed by atoms with van der Waals surface area (Å²) in [5.74, 6) is -0.132. The van der Waals surface area contributed by atoms with Gasteiger partial charge >= 0.3 is 0 Å². The van der Waals surface area contributed by atoms with Gasteiger partial charge in [-0.3, -0.25) is 4.90 Å². The number of nitrogens with one attached hydrogen (secondary N) is 1. The van der Waals surface area contributed by atoms with Crippen molar-refractivity contribution < 1.29 is 4.39 Å². The third kappa shape index (κ3) is 3.30. The molecule has 0 bridgehead atoms. The van der Waals surface area contributed by atoms with Crippen LogP contribution in [0.25, 0.3) is 0 Å². The highest BCUT2D eigenvalue weighted by Gasteiger charge is 2.27. The highest BCUT2D eigenvalue weighted by Crippen LogP contribution is 2.15. The number of hydrogen-bond donors (Lipinski definition) is 1. The lowest BCUT2D eigenvalue weighted by Crippen LogP contribution is -2.59. The fraction of sp³-hybridized carbons (Fsp3) is 0.600. The summed E-state index contributed by atoms with van der Waals surface area (Å²) >= 11 is 0. The molecule has 0 amide bonds. The second-order valence-electron chi connectivity index (χ2n) is 5.23. The van der Waals surface area contributed by atoms with E-state index in [0.717, 1.165) is 31.6 Å². The Morgan fingerprint density at radius 2 is 2.22 bits per heavy atom. The minimum atomic E-state index is -0.132. The van der Waals surface area contributed by atoms with Crippen LogP contribution in [0.2, 0.25) is 0 Å². The van der Waals surface area contributed by atoms with Gasteiger partial charge in [-0.2, -0.15) is 0 Å². The molecular formula is C15H23FN2. The molecule has 2 rings (SSSR count). The van der Waals surface area contributed by atoms with Gasteiger partial charge in [0.1, 0.15) is 5.82 Å². The van der Waals surface area contributed by atoms with E-state index in [1.54, 1.807) is 12.1 Å². The molecule has 1 atom stereocenters. The summed E-state index contributed by atoms with van der Waals surface area (Å²) in [5.41, 5.74) is 1.09. The van der Waals surface area contributed by atoms with Crippen LogP contribution < -0.4 is 5.32 Å². The van der Waals surface area contributed by atoms with Gasteiger partial charge in [0.15, 0.2) is 0 Å². The second kappa shape index (κ2) is 6.30. The maximum absolute atomic E-state index is 13.2. The Kier molecular flexibility index (Phi) is 4.72. The average Bonchev–Trinajstić information content (AvgIpc) is 2.26. The van der Waals surface area contributed by atoms with Crippen molar-refractivity contribution in [3.63, 3.8) is 0 Å². The maximum Gasteiger partial charge on any atom is 0.123 e. The van der Waals surface area contributed by atoms with E-state index in [2.05, 4.69) is 24.1 Å². The summed E-state index contributed by atoms with van der Waals surface area (Å²) in [6, 6.07) is 8.11. The largest absolute Gasteiger partial charge is 0.314 e. The van der Waals surface area contributed by atoms with Gasteiger partial charge in [0, 0.05) is 25.2 Å². The summed E-state index contributed by atoms with van der Waals surface area (Å²) in [6.07, 6.45) is 2.10. The molecule has 1 aromatic carbocycles. The van der Waals surface area contributed by atoms with Crippen molar-refractivity contribution in [2.75, 3.05) is 19.6 Å². The molecule has 0 radical (unpaired) electrons. The predicted molar refractivity (Wildman–Crippen MR) is 73.2 cm³/mol. The Balaban J connectivity index is 1.97. The van der Waals surface area contributed by atoms with E-state index < -0.39 is 0 Å². The first kappa shape index (κ1) is 13.5. The summed E-state index contributed by atoms with van der Waals surface area (Å²) in [7, 11) is 0. The van der Waals surface area contributed by atoms with E-state index in [0.29, 0.717) is 12.1 Å². The fourth-order valence-electron chi connectivity index (χ4n) is 2.65. The normalized spacial score (nSPS) is 17.8. The molecule has 3 heteroatoms. The van der Waals surface area contributed by atoms with Gasteiger partial charge in [0.25, 0.3) is 0 Å². The zero-order chi connectivity index (χ0) is 13.0. The van der Waals surface area contributed by atoms with Crippen molar-refractivity contribution in [3.8, 4) is 0 Å². The Bertz CT molecular complexity index is 377. The maximum atomic E-state index is 13.2. The lowest BCUT2D eigenvalue weighted by atomic mass is 10.0. The highest BCUT2D eigenvalue weighted by molar-refractivity contribution is 5.17. The minimum Gasteiger partial charge on any atom is -0.314 e. The smallest absolute Gasteiger partial charge is 0.123 e. The van der Waals surface area contributed by atoms with E-state index >= 15 is 0 Å². The molecule has 1 unspecified atom stereocenters. The Hall–Kier alpha value is -0.930. The van der Waals surface area contributed by atoms with Crippen LogP contribution in [0.1, 0.15) is 25.8 Å². The number of benzene rings is 1. The van der Waals surface area contributed by atoms with Crippen LogP contribution in [0.4, 0.5) is 4.39 Å². The molecule has 1 saturated heterocycles. The van der Waals surface area contributed by atoms with Crippen molar-refractivity contribution in [3.05, 3.63) is 35.6 Å². The Morgan fingerprint density at radius 1 is 1.44 bits per heavy atom. The van der Waals surface area contributed by atoms with Gasteiger partial charge in [-0.05, 0) is 44.0 Å². The molecule has 0 aromatic heterocycles. The van der Waals surface area contributed by atoms with Crippen molar-refractivity contribution in [1.82, 2.24) is 10.2 Å². The zero-order valence-corrected chi connectivity index (χ0v) is 11.3. The number of rotatable bonds is 6. The topological polar surface area (TPSA) is 15.3 Å². The number of halogens is 1. The van der Waals surface area contributed by atoms with Crippen molar-refractivity contribution in [2.45, 2.75) is 38.8 Å². The molecule has 2 nitrogen and oxygen atoms in total. The SMILES string of the molecule is CCCN(C(C)Cc1cccc(F)c1)C1CNC1. The Morgan fingerprint density at radius 3 is 2.78 bits per heavy atom. The third-order valence-electron chi connectivity index (χ3n) is 3.70. The van der Waals surface area contributed by atoms with Crippen LogP contribution >= 0.6 is 0 Å². The molecular weight excluding hydrogens is 227 g/mol. The van der Waals surface area contributed by atoms with Gasteiger partial charge in [-0.25, -0.2) is 4.39 Å². The molecule has 1 heterocycles. The molecule has 18 heavy (non-hydrogen) atoms. The van der Waals surface area contributed by atoms with Gasteiger partial charge < -0.3 is 5.32 Å². The van der Waals surface area contributed by atoms with Crippen LogP contribution in [-0.4, -0.2) is 36.6 Å². The van der Waals surface area contributed by atoms with Gasteiger partial charge in [0.05, 0.1) is 0 Å². The lowest BCUT2D eigenvalue weighted by molar-refractivity contribution is 0.103. The number of hydrogen-bond acceptors (Lipinski definition) is 2. The molecule has 1 fully saturated rings. The quantitative estimate of drug-likeness (QED) is 0.834. The molecule has 1 N–H and O–H groups in total. The third-order valence-corrected chi connectivity index (χ3v) is 3.70. The molecule has 1 aliphatic heterocycles. The molecule has 0 spiro atoms. The van der Waals surface area contributed by atoms with Gasteiger partial charge in [-0.1, -0.05) is 19.1 Å². The lowest BCUT2D eigenvalue weighted by Gasteiger charge is -2.42. The van der Waals surface area contributed by atoms with E-state index in [9.17, 15) is 4.39 Å². The van der Waals surface area contributed by atoms with Crippen molar-refractivity contribution >= 4 is 0 Å². The predicted octanol–water partition coefficient (Wildman–Crippen LogP) is 2.44. The van der Waals surface area contributed by atoms with Crippen molar-refractivity contribution in [1.29, 1.82) is 0 Å². The monoisotopic (exact) mass is 250 g/mol. The summed E-state index contributed by atoms with van der Waals surface area (Å²) in [6.45, 7) is 7.77. The van der Waals surface area contributed by atoms with E-state index in [1.807, 2.05) is 6.07 Å². The minimum absolute atomic E-state index is 0.132. The van der Waals surface area contributed by atoms with Gasteiger partial charge in [-0.15, -0.1) is 0 Å². The molecule has 100 valence electrons. The first-order chi connectivity index (χ1) is 8.70. The molecule has 0 aliphatic carbocycles. The fourth-order valence-corrected chi connectivity index (χ4v) is 2.65. The first-order valence-corrected chi connectivity index (χ1v) is 6.91. The van der Waals surface area contributed by atoms with Crippen molar-refractivity contribution in [2.24, 2.45) is 0 Å². The summed E-state index contributed by atoms with van der Waals surface area (Å²) in [4.78, 5) is 2.56. The zero-order valence-electron chi connectivity index (χ0n) is 11.3. The highest BCUT2D eigenvalue weighted by atomic mass is 19.1. The average molecular weight is 250 g/mol. The van der Waals surface area contributed by atoms with Crippen LogP contribution in [0.5, 0.6) is 0 Å². The second-order valence-corrected chi connectivity index (χ2v) is 5.23. The van der Waals surface area contributed by atoms with Crippen LogP contribution in [0, 0.1) is 5.82 Å². The first-order valence-electron chi connectivity index (χ1n) is 6.91. The summed E-state index contributed by atoms with van der Waals surface area (Å²) in [5, 5.41) is 3.33. The number of nitrogens with zero attached hydrogens (tertiary/aromatic N) is 1. The molecule has 1 aliphatic rings. The van der Waals surface area contributed by atoms with Crippen LogP contribution in [0.3, 0.4) is 0 Å². The van der Waals surface area contributed by atoms with E-state index in [1.165, 1.54) is 12.5 Å². The van der Waals surface area contributed by atoms with E-state index in [-0.39, 0.29) is 5.82 Å². The van der Waals surface area contributed by atoms with Crippen LogP contribution in [0.15, 0.2) is 24.3 Å².